The fourth-order valence-electron chi connectivity index (χ4n) is 1.54. The molecule has 1 aromatic heterocycles. The number of benzene rings is 1. The van der Waals surface area contributed by atoms with Crippen LogP contribution in [0.25, 0.3) is 11.3 Å². The molecule has 2 aromatic rings. The lowest BCUT2D eigenvalue weighted by Crippen LogP contribution is -1.99. The smallest absolute Gasteiger partial charge is 0.356 e. The molecule has 2 rings (SSSR count). The molecule has 5 nitrogen and oxygen atoms in total. The van der Waals surface area contributed by atoms with E-state index in [1.807, 2.05) is 0 Å². The Hall–Kier alpha value is -1.82. The Bertz CT molecular complexity index is 592. The average molecular weight is 297 g/mol. The molecular weight excluding hydrogens is 288 g/mol. The lowest BCUT2D eigenvalue weighted by molar-refractivity contribution is 0.0689. The van der Waals surface area contributed by atoms with Gasteiger partial charge in [0.1, 0.15) is 5.75 Å². The first-order chi connectivity index (χ1) is 7.99. The number of phenolic OH excluding ortho intramolecular Hbond substituents is 1. The summed E-state index contributed by atoms with van der Waals surface area (Å²) in [6, 6.07) is 6.26. The summed E-state index contributed by atoms with van der Waals surface area (Å²) in [5, 5.41) is 22.0. The summed E-state index contributed by atoms with van der Waals surface area (Å²) in [7, 11) is 1.67. The molecule has 0 fully saturated rings. The number of carboxylic acids is 1. The summed E-state index contributed by atoms with van der Waals surface area (Å²) in [6.45, 7) is 0. The molecule has 1 heterocycles. The van der Waals surface area contributed by atoms with Crippen molar-refractivity contribution >= 4 is 21.9 Å². The first-order valence-corrected chi connectivity index (χ1v) is 5.54. The summed E-state index contributed by atoms with van der Waals surface area (Å²) < 4.78 is 2.16. The van der Waals surface area contributed by atoms with E-state index in [9.17, 15) is 9.90 Å². The average Bonchev–Trinajstić information content (AvgIpc) is 2.61. The number of rotatable bonds is 2. The molecule has 6 heteroatoms. The van der Waals surface area contributed by atoms with Crippen LogP contribution < -0.4 is 0 Å². The van der Waals surface area contributed by atoms with Crippen LogP contribution in [0.5, 0.6) is 5.75 Å². The van der Waals surface area contributed by atoms with Gasteiger partial charge in [-0.2, -0.15) is 5.10 Å². The van der Waals surface area contributed by atoms with Crippen molar-refractivity contribution in [2.24, 2.45) is 7.05 Å². The van der Waals surface area contributed by atoms with Gasteiger partial charge in [-0.1, -0.05) is 0 Å². The first-order valence-electron chi connectivity index (χ1n) is 4.75. The van der Waals surface area contributed by atoms with E-state index in [1.54, 1.807) is 19.2 Å². The van der Waals surface area contributed by atoms with Crippen LogP contribution >= 0.6 is 15.9 Å². The van der Waals surface area contributed by atoms with Crippen molar-refractivity contribution in [3.05, 3.63) is 34.4 Å². The van der Waals surface area contributed by atoms with E-state index >= 15 is 0 Å². The highest BCUT2D eigenvalue weighted by molar-refractivity contribution is 9.10. The van der Waals surface area contributed by atoms with Gasteiger partial charge in [0.2, 0.25) is 0 Å². The van der Waals surface area contributed by atoms with Crippen LogP contribution in [0.3, 0.4) is 0 Å². The number of halogens is 1. The number of phenols is 1. The third-order valence-electron chi connectivity index (χ3n) is 2.33. The fraction of sp³-hybridized carbons (Fsp3) is 0.0909. The predicted molar refractivity (Wildman–Crippen MR) is 65.0 cm³/mol. The molecule has 88 valence electrons. The fourth-order valence-corrected chi connectivity index (χ4v) is 2.11. The maximum Gasteiger partial charge on any atom is 0.356 e. The van der Waals surface area contributed by atoms with Crippen molar-refractivity contribution in [3.63, 3.8) is 0 Å². The zero-order chi connectivity index (χ0) is 12.6. The highest BCUT2D eigenvalue weighted by Crippen LogP contribution is 2.31. The molecule has 0 atom stereocenters. The van der Waals surface area contributed by atoms with Crippen LogP contribution in [-0.4, -0.2) is 26.0 Å². The number of aromatic carboxylic acids is 1. The van der Waals surface area contributed by atoms with E-state index in [-0.39, 0.29) is 11.4 Å². The van der Waals surface area contributed by atoms with E-state index < -0.39 is 5.97 Å². The van der Waals surface area contributed by atoms with E-state index in [2.05, 4.69) is 21.0 Å². The topological polar surface area (TPSA) is 75.4 Å². The Kier molecular flexibility index (Phi) is 2.89. The number of hydrogen-bond acceptors (Lipinski definition) is 3. The van der Waals surface area contributed by atoms with E-state index in [0.29, 0.717) is 10.2 Å². The van der Waals surface area contributed by atoms with Gasteiger partial charge in [-0.3, -0.25) is 4.68 Å². The molecule has 0 aliphatic heterocycles. The van der Waals surface area contributed by atoms with Crippen molar-refractivity contribution in [3.8, 4) is 17.0 Å². The monoisotopic (exact) mass is 296 g/mol. The zero-order valence-electron chi connectivity index (χ0n) is 8.88. The third-order valence-corrected chi connectivity index (χ3v) is 2.98. The van der Waals surface area contributed by atoms with Crippen LogP contribution in [0, 0.1) is 0 Å². The molecule has 0 unspecified atom stereocenters. The second-order valence-electron chi connectivity index (χ2n) is 3.51. The van der Waals surface area contributed by atoms with Gasteiger partial charge in [0, 0.05) is 17.1 Å². The maximum absolute atomic E-state index is 10.8. The van der Waals surface area contributed by atoms with Gasteiger partial charge in [0.25, 0.3) is 0 Å². The highest BCUT2D eigenvalue weighted by Gasteiger charge is 2.14. The quantitative estimate of drug-likeness (QED) is 0.891. The third kappa shape index (κ3) is 2.16. The van der Waals surface area contributed by atoms with Crippen molar-refractivity contribution in [1.29, 1.82) is 0 Å². The molecule has 0 amide bonds. The van der Waals surface area contributed by atoms with E-state index in [4.69, 9.17) is 5.11 Å². The highest BCUT2D eigenvalue weighted by atomic mass is 79.9. The molecule has 0 saturated carbocycles. The summed E-state index contributed by atoms with van der Waals surface area (Å²) >= 11 is 3.32. The van der Waals surface area contributed by atoms with E-state index in [1.165, 1.54) is 16.8 Å². The molecule has 0 aliphatic carbocycles. The van der Waals surface area contributed by atoms with Crippen LogP contribution in [0.1, 0.15) is 10.5 Å². The molecule has 0 aliphatic rings. The molecular formula is C11H9BrN2O3. The Morgan fingerprint density at radius 1 is 1.41 bits per heavy atom. The molecule has 0 radical (unpaired) electrons. The second kappa shape index (κ2) is 4.21. The van der Waals surface area contributed by atoms with Crippen LogP contribution in [0.2, 0.25) is 0 Å². The number of nitrogens with zero attached hydrogens (tertiary/aromatic N) is 2. The van der Waals surface area contributed by atoms with Gasteiger partial charge in [0.05, 0.1) is 5.69 Å². The van der Waals surface area contributed by atoms with E-state index in [0.717, 1.165) is 5.56 Å². The SMILES string of the molecule is Cn1nc(C(=O)O)cc1-c1ccc(O)cc1Br. The number of aromatic nitrogens is 2. The normalized spacial score (nSPS) is 10.5. The Balaban J connectivity index is 2.56. The van der Waals surface area contributed by atoms with Crippen LogP contribution in [-0.2, 0) is 7.05 Å². The molecule has 0 bridgehead atoms. The summed E-state index contributed by atoms with van der Waals surface area (Å²) in [4.78, 5) is 10.8. The molecule has 17 heavy (non-hydrogen) atoms. The van der Waals surface area contributed by atoms with Gasteiger partial charge < -0.3 is 10.2 Å². The van der Waals surface area contributed by atoms with Crippen LogP contribution in [0.4, 0.5) is 0 Å². The summed E-state index contributed by atoms with van der Waals surface area (Å²) in [5.74, 6) is -0.928. The lowest BCUT2D eigenvalue weighted by Gasteiger charge is -2.04. The second-order valence-corrected chi connectivity index (χ2v) is 4.36. The molecule has 1 aromatic carbocycles. The largest absolute Gasteiger partial charge is 0.508 e. The Morgan fingerprint density at radius 2 is 2.12 bits per heavy atom. The molecule has 0 spiro atoms. The Morgan fingerprint density at radius 3 is 2.65 bits per heavy atom. The molecule has 2 N–H and O–H groups in total. The van der Waals surface area contributed by atoms with Crippen molar-refractivity contribution in [2.45, 2.75) is 0 Å². The maximum atomic E-state index is 10.8. The summed E-state index contributed by atoms with van der Waals surface area (Å²) in [5.41, 5.74) is 1.42. The minimum absolute atomic E-state index is 0.0116. The number of carboxylic acid groups (broad SMARTS) is 1. The predicted octanol–water partition coefficient (Wildman–Crippen LogP) is 2.25. The zero-order valence-corrected chi connectivity index (χ0v) is 10.5. The van der Waals surface area contributed by atoms with Gasteiger partial charge in [0.15, 0.2) is 5.69 Å². The number of carbonyl (C=O) groups is 1. The standard InChI is InChI=1S/C11H9BrN2O3/c1-14-10(5-9(13-14)11(16)17)7-3-2-6(15)4-8(7)12/h2-5,15H,1H3,(H,16,17). The number of aryl methyl sites for hydroxylation is 1. The van der Waals surface area contributed by atoms with Gasteiger partial charge in [-0.15, -0.1) is 0 Å². The summed E-state index contributed by atoms with van der Waals surface area (Å²) in [6.07, 6.45) is 0. The lowest BCUT2D eigenvalue weighted by atomic mass is 10.1. The molecule has 0 saturated heterocycles. The van der Waals surface area contributed by atoms with Crippen molar-refractivity contribution in [2.75, 3.05) is 0 Å². The van der Waals surface area contributed by atoms with Gasteiger partial charge >= 0.3 is 5.97 Å². The van der Waals surface area contributed by atoms with Crippen LogP contribution in [0.15, 0.2) is 28.7 Å². The number of hydrogen-bond donors (Lipinski definition) is 2. The van der Waals surface area contributed by atoms with Gasteiger partial charge in [-0.25, -0.2) is 4.79 Å². The van der Waals surface area contributed by atoms with Gasteiger partial charge in [-0.05, 0) is 40.2 Å². The first kappa shape index (κ1) is 11.7. The van der Waals surface area contributed by atoms with Crippen molar-refractivity contribution in [1.82, 2.24) is 9.78 Å². The van der Waals surface area contributed by atoms with Crippen molar-refractivity contribution < 1.29 is 15.0 Å². The number of aromatic hydroxyl groups is 1. The minimum atomic E-state index is -1.07. The minimum Gasteiger partial charge on any atom is -0.508 e. The Labute approximate surface area is 105 Å².